The van der Waals surface area contributed by atoms with E-state index in [-0.39, 0.29) is 6.04 Å². The lowest BCUT2D eigenvalue weighted by Gasteiger charge is -2.16. The van der Waals surface area contributed by atoms with Gasteiger partial charge in [0.25, 0.3) is 0 Å². The van der Waals surface area contributed by atoms with Crippen molar-refractivity contribution in [3.8, 4) is 11.8 Å². The fourth-order valence-corrected chi connectivity index (χ4v) is 1.65. The molecular weight excluding hydrogens is 212 g/mol. The summed E-state index contributed by atoms with van der Waals surface area (Å²) in [6.45, 7) is 7.40. The van der Waals surface area contributed by atoms with E-state index in [9.17, 15) is 0 Å². The second kappa shape index (κ2) is 6.93. The Morgan fingerprint density at radius 3 is 2.65 bits per heavy atom. The highest BCUT2D eigenvalue weighted by molar-refractivity contribution is 5.35. The van der Waals surface area contributed by atoms with Crippen LogP contribution in [0, 0.1) is 11.3 Å². The number of benzene rings is 1. The van der Waals surface area contributed by atoms with Gasteiger partial charge in [-0.05, 0) is 24.1 Å². The highest BCUT2D eigenvalue weighted by Gasteiger charge is 2.10. The fraction of sp³-hybridized carbons (Fsp3) is 0.500. The minimum absolute atomic E-state index is 0.250. The van der Waals surface area contributed by atoms with Crippen LogP contribution in [-0.2, 0) is 0 Å². The van der Waals surface area contributed by atoms with Crippen molar-refractivity contribution < 1.29 is 4.74 Å². The molecule has 1 aromatic rings. The summed E-state index contributed by atoms with van der Waals surface area (Å²) in [6, 6.07) is 9.92. The second-order valence-electron chi connectivity index (χ2n) is 4.24. The van der Waals surface area contributed by atoms with Crippen LogP contribution < -0.4 is 10.1 Å². The summed E-state index contributed by atoms with van der Waals surface area (Å²) in [6.07, 6.45) is 0. The topological polar surface area (TPSA) is 45.0 Å². The average Bonchev–Trinajstić information content (AvgIpc) is 2.34. The maximum absolute atomic E-state index is 8.92. The van der Waals surface area contributed by atoms with Crippen LogP contribution in [0.3, 0.4) is 0 Å². The van der Waals surface area contributed by atoms with Gasteiger partial charge in [0.1, 0.15) is 18.4 Å². The van der Waals surface area contributed by atoms with Crippen molar-refractivity contribution in [1.29, 1.82) is 5.26 Å². The van der Waals surface area contributed by atoms with E-state index in [4.69, 9.17) is 10.00 Å². The van der Waals surface area contributed by atoms with E-state index in [1.54, 1.807) is 0 Å². The number of nitrogens with one attached hydrogen (secondary N) is 1. The molecule has 0 aliphatic rings. The Hall–Kier alpha value is -1.53. The third kappa shape index (κ3) is 4.08. The Morgan fingerprint density at radius 1 is 1.35 bits per heavy atom. The van der Waals surface area contributed by atoms with Crippen LogP contribution in [0.2, 0.25) is 0 Å². The molecule has 17 heavy (non-hydrogen) atoms. The van der Waals surface area contributed by atoms with Crippen LogP contribution in [0.15, 0.2) is 24.3 Å². The Labute approximate surface area is 103 Å². The van der Waals surface area contributed by atoms with Crippen LogP contribution in [0.1, 0.15) is 32.3 Å². The van der Waals surface area contributed by atoms with Crippen LogP contribution in [0.5, 0.6) is 5.75 Å². The first kappa shape index (κ1) is 13.5. The van der Waals surface area contributed by atoms with Gasteiger partial charge in [-0.3, -0.25) is 5.32 Å². The van der Waals surface area contributed by atoms with Gasteiger partial charge in [-0.2, -0.15) is 5.26 Å². The molecule has 1 N–H and O–H groups in total. The van der Waals surface area contributed by atoms with Crippen molar-refractivity contribution in [1.82, 2.24) is 5.32 Å². The summed E-state index contributed by atoms with van der Waals surface area (Å²) < 4.78 is 5.72. The number of nitrogens with zero attached hydrogens (tertiary/aromatic N) is 1. The molecule has 0 spiro atoms. The summed E-state index contributed by atoms with van der Waals surface area (Å²) >= 11 is 0. The Morgan fingerprint density at radius 2 is 2.06 bits per heavy atom. The van der Waals surface area contributed by atoms with Crippen LogP contribution >= 0.6 is 0 Å². The SMILES string of the molecule is CCNC(C#N)COc1ccccc1C(C)C. The number of rotatable bonds is 6. The molecule has 0 fully saturated rings. The van der Waals surface area contributed by atoms with Crippen LogP contribution in [0.25, 0.3) is 0 Å². The molecule has 1 aromatic carbocycles. The first-order valence-electron chi connectivity index (χ1n) is 6.03. The van der Waals surface area contributed by atoms with Crippen molar-refractivity contribution in [2.75, 3.05) is 13.2 Å². The van der Waals surface area contributed by atoms with E-state index >= 15 is 0 Å². The number of para-hydroxylation sites is 1. The molecule has 0 heterocycles. The summed E-state index contributed by atoms with van der Waals surface area (Å²) in [5.41, 5.74) is 1.18. The largest absolute Gasteiger partial charge is 0.491 e. The molecule has 1 rings (SSSR count). The standard InChI is InChI=1S/C14H20N2O/c1-4-16-12(9-15)10-17-14-8-6-5-7-13(14)11(2)3/h5-8,11-12,16H,4,10H2,1-3H3. The predicted molar refractivity (Wildman–Crippen MR) is 69.1 cm³/mol. The lowest BCUT2D eigenvalue weighted by Crippen LogP contribution is -2.33. The molecule has 0 aliphatic heterocycles. The lowest BCUT2D eigenvalue weighted by molar-refractivity contribution is 0.287. The molecule has 0 saturated heterocycles. The smallest absolute Gasteiger partial charge is 0.130 e. The van der Waals surface area contributed by atoms with Gasteiger partial charge in [0.2, 0.25) is 0 Å². The minimum atomic E-state index is -0.250. The first-order chi connectivity index (χ1) is 8.19. The van der Waals surface area contributed by atoms with Gasteiger partial charge >= 0.3 is 0 Å². The number of hydrogen-bond donors (Lipinski definition) is 1. The fourth-order valence-electron chi connectivity index (χ4n) is 1.65. The molecule has 1 atom stereocenters. The van der Waals surface area contributed by atoms with E-state index < -0.39 is 0 Å². The summed E-state index contributed by atoms with van der Waals surface area (Å²) in [4.78, 5) is 0. The summed E-state index contributed by atoms with van der Waals surface area (Å²) in [5, 5.41) is 12.0. The number of hydrogen-bond acceptors (Lipinski definition) is 3. The van der Waals surface area contributed by atoms with E-state index in [2.05, 4.69) is 31.3 Å². The van der Waals surface area contributed by atoms with Gasteiger partial charge in [0.05, 0.1) is 6.07 Å². The lowest BCUT2D eigenvalue weighted by atomic mass is 10.0. The molecule has 0 aromatic heterocycles. The van der Waals surface area contributed by atoms with Gasteiger partial charge in [0.15, 0.2) is 0 Å². The van der Waals surface area contributed by atoms with E-state index in [0.29, 0.717) is 12.5 Å². The number of nitriles is 1. The average molecular weight is 232 g/mol. The van der Waals surface area contributed by atoms with E-state index in [1.165, 1.54) is 5.56 Å². The summed E-state index contributed by atoms with van der Waals surface area (Å²) in [7, 11) is 0. The minimum Gasteiger partial charge on any atom is -0.491 e. The normalized spacial score (nSPS) is 12.2. The van der Waals surface area contributed by atoms with Crippen molar-refractivity contribution in [2.24, 2.45) is 0 Å². The number of likely N-dealkylation sites (N-methyl/N-ethyl adjacent to an activating group) is 1. The summed E-state index contributed by atoms with van der Waals surface area (Å²) in [5.74, 6) is 1.30. The number of ether oxygens (including phenoxy) is 1. The Balaban J connectivity index is 2.66. The molecule has 3 heteroatoms. The molecular formula is C14H20N2O. The van der Waals surface area contributed by atoms with Crippen LogP contribution in [-0.4, -0.2) is 19.2 Å². The third-order valence-electron chi connectivity index (χ3n) is 2.55. The predicted octanol–water partition coefficient (Wildman–Crippen LogP) is 2.69. The molecule has 3 nitrogen and oxygen atoms in total. The maximum atomic E-state index is 8.92. The van der Waals surface area contributed by atoms with Crippen LogP contribution in [0.4, 0.5) is 0 Å². The van der Waals surface area contributed by atoms with Gasteiger partial charge in [0, 0.05) is 0 Å². The first-order valence-corrected chi connectivity index (χ1v) is 6.03. The zero-order valence-electron chi connectivity index (χ0n) is 10.7. The quantitative estimate of drug-likeness (QED) is 0.820. The van der Waals surface area contributed by atoms with Gasteiger partial charge in [-0.15, -0.1) is 0 Å². The van der Waals surface area contributed by atoms with Crippen molar-refractivity contribution >= 4 is 0 Å². The van der Waals surface area contributed by atoms with E-state index in [0.717, 1.165) is 12.3 Å². The van der Waals surface area contributed by atoms with Gasteiger partial charge in [-0.1, -0.05) is 39.0 Å². The molecule has 0 amide bonds. The highest BCUT2D eigenvalue weighted by atomic mass is 16.5. The molecule has 0 aliphatic carbocycles. The van der Waals surface area contributed by atoms with Crippen molar-refractivity contribution in [3.05, 3.63) is 29.8 Å². The molecule has 92 valence electrons. The zero-order valence-corrected chi connectivity index (χ0v) is 10.7. The Bertz CT molecular complexity index is 382. The van der Waals surface area contributed by atoms with Gasteiger partial charge < -0.3 is 4.74 Å². The molecule has 0 saturated carbocycles. The van der Waals surface area contributed by atoms with Gasteiger partial charge in [-0.25, -0.2) is 0 Å². The molecule has 0 radical (unpaired) electrons. The van der Waals surface area contributed by atoms with Crippen molar-refractivity contribution in [2.45, 2.75) is 32.7 Å². The van der Waals surface area contributed by atoms with E-state index in [1.807, 2.05) is 25.1 Å². The van der Waals surface area contributed by atoms with Crippen molar-refractivity contribution in [3.63, 3.8) is 0 Å². The highest BCUT2D eigenvalue weighted by Crippen LogP contribution is 2.25. The molecule has 0 bridgehead atoms. The third-order valence-corrected chi connectivity index (χ3v) is 2.55. The monoisotopic (exact) mass is 232 g/mol. The Kier molecular flexibility index (Phi) is 5.51. The maximum Gasteiger partial charge on any atom is 0.130 e. The zero-order chi connectivity index (χ0) is 12.7. The second-order valence-corrected chi connectivity index (χ2v) is 4.24. The molecule has 1 unspecified atom stereocenters.